The van der Waals surface area contributed by atoms with Gasteiger partial charge in [-0.15, -0.1) is 5.11 Å². The second kappa shape index (κ2) is 6.71. The highest BCUT2D eigenvalue weighted by Crippen LogP contribution is 2.33. The van der Waals surface area contributed by atoms with Gasteiger partial charge >= 0.3 is 0 Å². The fourth-order valence-electron chi connectivity index (χ4n) is 1.90. The third-order valence-electron chi connectivity index (χ3n) is 2.90. The number of nitrogens with one attached hydrogen (secondary N) is 3. The van der Waals surface area contributed by atoms with Crippen molar-refractivity contribution in [3.05, 3.63) is 18.2 Å². The normalized spacial score (nSPS) is 11.8. The molecule has 0 fully saturated rings. The van der Waals surface area contributed by atoms with E-state index in [1.165, 1.54) is 0 Å². The van der Waals surface area contributed by atoms with Crippen LogP contribution in [-0.2, 0) is 4.74 Å². The number of nitrogens with zero attached hydrogens (tertiary/aromatic N) is 2. The zero-order valence-corrected chi connectivity index (χ0v) is 11.6. The maximum atomic E-state index is 9.66. The molecule has 0 saturated heterocycles. The Morgan fingerprint density at radius 3 is 2.81 bits per heavy atom. The molecule has 5 N–H and O–H groups in total. The van der Waals surface area contributed by atoms with E-state index in [0.29, 0.717) is 29.6 Å². The summed E-state index contributed by atoms with van der Waals surface area (Å²) in [6, 6.07) is 4.98. The number of guanidine groups is 1. The van der Waals surface area contributed by atoms with Gasteiger partial charge in [-0.2, -0.15) is 0 Å². The third kappa shape index (κ3) is 3.48. The van der Waals surface area contributed by atoms with Crippen LogP contribution in [-0.4, -0.2) is 41.4 Å². The molecule has 0 aliphatic carbocycles. The molecule has 8 heteroatoms. The Hall–Kier alpha value is -2.61. The van der Waals surface area contributed by atoms with Crippen molar-refractivity contribution in [3.8, 4) is 11.8 Å². The lowest BCUT2D eigenvalue weighted by molar-refractivity contribution is 0.197. The van der Waals surface area contributed by atoms with E-state index in [1.807, 2.05) is 0 Å². The molecule has 2 rings (SSSR count). The van der Waals surface area contributed by atoms with E-state index in [-0.39, 0.29) is 17.7 Å². The van der Waals surface area contributed by atoms with E-state index in [4.69, 9.17) is 10.3 Å². The number of aliphatic imine (C=N–C) groups is 1. The Balaban J connectivity index is 2.14. The Morgan fingerprint density at radius 2 is 2.10 bits per heavy atom. The summed E-state index contributed by atoms with van der Waals surface area (Å²) in [6.45, 7) is 1.09. The third-order valence-corrected chi connectivity index (χ3v) is 2.90. The van der Waals surface area contributed by atoms with Crippen molar-refractivity contribution >= 4 is 22.4 Å². The summed E-state index contributed by atoms with van der Waals surface area (Å²) < 4.78 is 4.92. The molecule has 8 nitrogen and oxygen atoms in total. The van der Waals surface area contributed by atoms with Crippen molar-refractivity contribution in [1.29, 1.82) is 5.53 Å². The minimum Gasteiger partial charge on any atom is -0.494 e. The summed E-state index contributed by atoms with van der Waals surface area (Å²) in [5.41, 5.74) is 7.71. The molecule has 0 bridgehead atoms. The fraction of sp³-hybridized carbons (Fsp3) is 0.308. The van der Waals surface area contributed by atoms with Crippen LogP contribution in [0.4, 0.5) is 5.69 Å². The lowest BCUT2D eigenvalue weighted by Gasteiger charge is -2.05. The number of hydrogen-bond donors (Lipinski definition) is 5. The van der Waals surface area contributed by atoms with E-state index in [0.717, 1.165) is 6.42 Å². The van der Waals surface area contributed by atoms with E-state index in [1.54, 1.807) is 25.3 Å². The molecule has 1 aromatic heterocycles. The van der Waals surface area contributed by atoms with Gasteiger partial charge in [-0.25, -0.2) is 10.5 Å². The highest BCUT2D eigenvalue weighted by Gasteiger charge is 2.09. The average molecular weight is 291 g/mol. The van der Waals surface area contributed by atoms with E-state index in [2.05, 4.69) is 20.4 Å². The standard InChI is InChI=1S/C13H17N5O3/c1-21-6-2-5-15-13(18-14)16-8-3-4-9-10(7-8)12(20)17-11(9)19/h3-4,7,14,17,19-20H,2,5-6H2,1H3,(H,15,16). The van der Waals surface area contributed by atoms with Crippen LogP contribution in [0.3, 0.4) is 0 Å². The van der Waals surface area contributed by atoms with Crippen LogP contribution in [0.2, 0.25) is 0 Å². The summed E-state index contributed by atoms with van der Waals surface area (Å²) in [6.07, 6.45) is 0.739. The molecule has 1 aromatic carbocycles. The summed E-state index contributed by atoms with van der Waals surface area (Å²) in [5.74, 6) is -0.0371. The maximum Gasteiger partial charge on any atom is 0.241 e. The lowest BCUT2D eigenvalue weighted by atomic mass is 10.2. The Bertz CT molecular complexity index is 665. The van der Waals surface area contributed by atoms with Crippen LogP contribution in [0.5, 0.6) is 11.8 Å². The zero-order chi connectivity index (χ0) is 15.2. The second-order valence-electron chi connectivity index (χ2n) is 4.37. The Morgan fingerprint density at radius 1 is 1.33 bits per heavy atom. The summed E-state index contributed by atoms with van der Waals surface area (Å²) in [5, 5.41) is 26.4. The van der Waals surface area contributed by atoms with E-state index < -0.39 is 0 Å². The fourth-order valence-corrected chi connectivity index (χ4v) is 1.90. The van der Waals surface area contributed by atoms with Crippen molar-refractivity contribution < 1.29 is 14.9 Å². The van der Waals surface area contributed by atoms with Crippen LogP contribution in [0.25, 0.3) is 10.8 Å². The van der Waals surface area contributed by atoms with Crippen molar-refractivity contribution in [2.75, 3.05) is 25.6 Å². The number of fused-ring (bicyclic) bond motifs is 1. The summed E-state index contributed by atoms with van der Waals surface area (Å²) >= 11 is 0. The number of rotatable bonds is 5. The molecule has 0 amide bonds. The first-order valence-corrected chi connectivity index (χ1v) is 6.37. The van der Waals surface area contributed by atoms with Gasteiger partial charge < -0.3 is 20.3 Å². The maximum absolute atomic E-state index is 9.66. The molecule has 0 aliphatic rings. The number of methoxy groups -OCH3 is 1. The molecule has 0 aliphatic heterocycles. The smallest absolute Gasteiger partial charge is 0.241 e. The number of hydrogen-bond acceptors (Lipinski definition) is 5. The minimum atomic E-state index is -0.118. The number of anilines is 1. The van der Waals surface area contributed by atoms with Crippen molar-refractivity contribution in [2.45, 2.75) is 6.42 Å². The highest BCUT2D eigenvalue weighted by molar-refractivity contribution is 5.99. The zero-order valence-electron chi connectivity index (χ0n) is 11.6. The highest BCUT2D eigenvalue weighted by atomic mass is 16.5. The van der Waals surface area contributed by atoms with E-state index >= 15 is 0 Å². The number of aromatic nitrogens is 1. The molecule has 112 valence electrons. The second-order valence-corrected chi connectivity index (χ2v) is 4.37. The van der Waals surface area contributed by atoms with Crippen molar-refractivity contribution in [1.82, 2.24) is 4.98 Å². The van der Waals surface area contributed by atoms with Crippen LogP contribution >= 0.6 is 0 Å². The van der Waals surface area contributed by atoms with Gasteiger partial charge in [-0.1, -0.05) is 0 Å². The lowest BCUT2D eigenvalue weighted by Crippen LogP contribution is -2.09. The SMILES string of the molecule is COCCCN=C(N=N)Nc1ccc2c(O)[nH]c(O)c2c1. The quantitative estimate of drug-likeness (QED) is 0.251. The van der Waals surface area contributed by atoms with Gasteiger partial charge in [0, 0.05) is 36.7 Å². The molecule has 0 radical (unpaired) electrons. The first kappa shape index (κ1) is 14.8. The molecule has 0 unspecified atom stereocenters. The van der Waals surface area contributed by atoms with Gasteiger partial charge in [-0.3, -0.25) is 4.98 Å². The number of H-pyrrole nitrogens is 1. The van der Waals surface area contributed by atoms with Crippen molar-refractivity contribution in [2.24, 2.45) is 10.1 Å². The first-order chi connectivity index (χ1) is 10.2. The molecular weight excluding hydrogens is 274 g/mol. The summed E-state index contributed by atoms with van der Waals surface area (Å²) in [4.78, 5) is 6.57. The molecule has 21 heavy (non-hydrogen) atoms. The first-order valence-electron chi connectivity index (χ1n) is 6.37. The molecule has 2 aromatic rings. The molecule has 1 heterocycles. The van der Waals surface area contributed by atoms with Gasteiger partial charge in [0.25, 0.3) is 0 Å². The topological polar surface area (TPSA) is 126 Å². The Labute approximate surface area is 121 Å². The van der Waals surface area contributed by atoms with Crippen molar-refractivity contribution in [3.63, 3.8) is 0 Å². The predicted molar refractivity (Wildman–Crippen MR) is 79.2 cm³/mol. The van der Waals surface area contributed by atoms with Crippen LogP contribution in [0.15, 0.2) is 28.3 Å². The predicted octanol–water partition coefficient (Wildman–Crippen LogP) is 2.41. The monoisotopic (exact) mass is 291 g/mol. The minimum absolute atomic E-state index is 0.0901. The molecule has 0 saturated carbocycles. The van der Waals surface area contributed by atoms with Gasteiger partial charge in [0.05, 0.1) is 0 Å². The van der Waals surface area contributed by atoms with E-state index in [9.17, 15) is 10.2 Å². The summed E-state index contributed by atoms with van der Waals surface area (Å²) in [7, 11) is 1.62. The number of ether oxygens (including phenoxy) is 1. The largest absolute Gasteiger partial charge is 0.494 e. The number of aromatic hydroxyl groups is 2. The number of aromatic amines is 1. The van der Waals surface area contributed by atoms with Crippen LogP contribution in [0.1, 0.15) is 6.42 Å². The van der Waals surface area contributed by atoms with Gasteiger partial charge in [0.15, 0.2) is 11.8 Å². The van der Waals surface area contributed by atoms with Crippen LogP contribution < -0.4 is 5.32 Å². The van der Waals surface area contributed by atoms with Gasteiger partial charge in [0.2, 0.25) is 5.96 Å². The number of benzene rings is 1. The molecular formula is C13H17N5O3. The average Bonchev–Trinajstić information content (AvgIpc) is 2.77. The van der Waals surface area contributed by atoms with Crippen LogP contribution in [0, 0.1) is 5.53 Å². The Kier molecular flexibility index (Phi) is 4.72. The van der Waals surface area contributed by atoms with Gasteiger partial charge in [0.1, 0.15) is 0 Å². The molecule has 0 atom stereocenters. The van der Waals surface area contributed by atoms with Gasteiger partial charge in [-0.05, 0) is 24.6 Å². The molecule has 0 spiro atoms.